The van der Waals surface area contributed by atoms with Gasteiger partial charge in [-0.05, 0) is 38.8 Å². The van der Waals surface area contributed by atoms with Crippen LogP contribution in [0.1, 0.15) is 37.8 Å². The molecule has 0 bridgehead atoms. The van der Waals surface area contributed by atoms with Crippen LogP contribution in [0.4, 0.5) is 0 Å². The number of rotatable bonds is 7. The first-order chi connectivity index (χ1) is 9.76. The minimum atomic E-state index is -3.57. The monoisotopic (exact) mass is 312 g/mol. The quantitative estimate of drug-likeness (QED) is 0.807. The van der Waals surface area contributed by atoms with Gasteiger partial charge in [0, 0.05) is 19.0 Å². The van der Waals surface area contributed by atoms with Crippen molar-refractivity contribution in [1.29, 1.82) is 0 Å². The second-order valence-electron chi connectivity index (χ2n) is 5.29. The molecular weight excluding hydrogens is 288 g/mol. The topological polar surface area (TPSA) is 75.3 Å². The van der Waals surface area contributed by atoms with E-state index in [9.17, 15) is 13.2 Å². The van der Waals surface area contributed by atoms with Crippen molar-refractivity contribution in [2.75, 3.05) is 6.54 Å². The molecule has 5 nitrogen and oxygen atoms in total. The molecule has 0 aliphatic rings. The SMILES string of the molecule is CCC(C)NC(=O)CCNS(=O)(=O)c1ccc(C)cc1C. The molecular formula is C15H24N2O3S. The van der Waals surface area contributed by atoms with Gasteiger partial charge >= 0.3 is 0 Å². The predicted molar refractivity (Wildman–Crippen MR) is 83.6 cm³/mol. The molecule has 0 saturated heterocycles. The molecule has 2 N–H and O–H groups in total. The Bertz CT molecular complexity index is 597. The van der Waals surface area contributed by atoms with E-state index in [4.69, 9.17) is 0 Å². The van der Waals surface area contributed by atoms with Gasteiger partial charge in [-0.25, -0.2) is 13.1 Å². The minimum Gasteiger partial charge on any atom is -0.354 e. The lowest BCUT2D eigenvalue weighted by atomic mass is 10.2. The van der Waals surface area contributed by atoms with Crippen molar-refractivity contribution >= 4 is 15.9 Å². The fourth-order valence-electron chi connectivity index (χ4n) is 1.93. The summed E-state index contributed by atoms with van der Waals surface area (Å²) in [6.45, 7) is 7.66. The van der Waals surface area contributed by atoms with Crippen LogP contribution in [0.2, 0.25) is 0 Å². The molecule has 1 aromatic rings. The molecule has 0 aliphatic heterocycles. The van der Waals surface area contributed by atoms with E-state index >= 15 is 0 Å². The number of nitrogens with one attached hydrogen (secondary N) is 2. The molecule has 1 unspecified atom stereocenters. The van der Waals surface area contributed by atoms with E-state index in [0.717, 1.165) is 12.0 Å². The van der Waals surface area contributed by atoms with Crippen molar-refractivity contribution in [1.82, 2.24) is 10.0 Å². The molecule has 1 aromatic carbocycles. The van der Waals surface area contributed by atoms with Crippen LogP contribution < -0.4 is 10.0 Å². The fourth-order valence-corrected chi connectivity index (χ4v) is 3.18. The van der Waals surface area contributed by atoms with Crippen molar-refractivity contribution in [2.24, 2.45) is 0 Å². The molecule has 1 rings (SSSR count). The highest BCUT2D eigenvalue weighted by Gasteiger charge is 2.16. The number of sulfonamides is 1. The number of aryl methyl sites for hydroxylation is 2. The Morgan fingerprint density at radius 2 is 1.95 bits per heavy atom. The maximum Gasteiger partial charge on any atom is 0.240 e. The summed E-state index contributed by atoms with van der Waals surface area (Å²) in [5.74, 6) is -0.146. The van der Waals surface area contributed by atoms with Crippen LogP contribution in [-0.2, 0) is 14.8 Å². The summed E-state index contributed by atoms with van der Waals surface area (Å²) in [5.41, 5.74) is 1.71. The molecule has 1 amide bonds. The maximum absolute atomic E-state index is 12.2. The first-order valence-corrected chi connectivity index (χ1v) is 8.61. The average molecular weight is 312 g/mol. The van der Waals surface area contributed by atoms with Gasteiger partial charge in [-0.1, -0.05) is 24.6 Å². The molecule has 1 atom stereocenters. The van der Waals surface area contributed by atoms with Crippen molar-refractivity contribution < 1.29 is 13.2 Å². The van der Waals surface area contributed by atoms with Crippen LogP contribution in [0.3, 0.4) is 0 Å². The van der Waals surface area contributed by atoms with Crippen molar-refractivity contribution in [3.63, 3.8) is 0 Å². The zero-order chi connectivity index (χ0) is 16.0. The van der Waals surface area contributed by atoms with E-state index in [1.807, 2.05) is 26.8 Å². The summed E-state index contributed by atoms with van der Waals surface area (Å²) in [5, 5.41) is 2.80. The normalized spacial score (nSPS) is 13.0. The molecule has 0 spiro atoms. The third-order valence-electron chi connectivity index (χ3n) is 3.28. The first-order valence-electron chi connectivity index (χ1n) is 7.12. The van der Waals surface area contributed by atoms with E-state index in [1.54, 1.807) is 19.1 Å². The highest BCUT2D eigenvalue weighted by Crippen LogP contribution is 2.16. The van der Waals surface area contributed by atoms with Gasteiger partial charge in [0.2, 0.25) is 15.9 Å². The van der Waals surface area contributed by atoms with Gasteiger partial charge < -0.3 is 5.32 Å². The number of hydrogen-bond acceptors (Lipinski definition) is 3. The minimum absolute atomic E-state index is 0.0952. The number of benzene rings is 1. The molecule has 0 aliphatic carbocycles. The van der Waals surface area contributed by atoms with Gasteiger partial charge in [-0.3, -0.25) is 4.79 Å². The number of hydrogen-bond donors (Lipinski definition) is 2. The summed E-state index contributed by atoms with van der Waals surface area (Å²) in [6, 6.07) is 5.28. The Labute approximate surface area is 127 Å². The van der Waals surface area contributed by atoms with Gasteiger partial charge in [0.15, 0.2) is 0 Å². The highest BCUT2D eigenvalue weighted by molar-refractivity contribution is 7.89. The summed E-state index contributed by atoms with van der Waals surface area (Å²) in [7, 11) is -3.57. The zero-order valence-corrected chi connectivity index (χ0v) is 13.9. The van der Waals surface area contributed by atoms with Gasteiger partial charge in [-0.2, -0.15) is 0 Å². The third kappa shape index (κ3) is 5.47. The Hall–Kier alpha value is -1.40. The molecule has 0 saturated carbocycles. The van der Waals surface area contributed by atoms with Crippen LogP contribution in [0, 0.1) is 13.8 Å². The molecule has 118 valence electrons. The molecule has 0 aromatic heterocycles. The Morgan fingerprint density at radius 1 is 1.29 bits per heavy atom. The predicted octanol–water partition coefficient (Wildman–Crippen LogP) is 1.89. The lowest BCUT2D eigenvalue weighted by Gasteiger charge is -2.12. The second-order valence-corrected chi connectivity index (χ2v) is 7.03. The number of amides is 1. The Kier molecular flexibility index (Phi) is 6.36. The Balaban J connectivity index is 2.60. The van der Waals surface area contributed by atoms with E-state index in [1.165, 1.54) is 0 Å². The van der Waals surface area contributed by atoms with Crippen molar-refractivity contribution in [3.8, 4) is 0 Å². The molecule has 6 heteroatoms. The average Bonchev–Trinajstić information content (AvgIpc) is 2.37. The van der Waals surface area contributed by atoms with Crippen LogP contribution in [0.15, 0.2) is 23.1 Å². The fraction of sp³-hybridized carbons (Fsp3) is 0.533. The van der Waals surface area contributed by atoms with Crippen LogP contribution in [0.5, 0.6) is 0 Å². The van der Waals surface area contributed by atoms with E-state index in [2.05, 4.69) is 10.0 Å². The second kappa shape index (κ2) is 7.56. The van der Waals surface area contributed by atoms with Crippen LogP contribution in [-0.4, -0.2) is 26.9 Å². The van der Waals surface area contributed by atoms with Gasteiger partial charge in [0.1, 0.15) is 0 Å². The van der Waals surface area contributed by atoms with Crippen molar-refractivity contribution in [3.05, 3.63) is 29.3 Å². The summed E-state index contributed by atoms with van der Waals surface area (Å²) in [6.07, 6.45) is 0.981. The van der Waals surface area contributed by atoms with Crippen LogP contribution in [0.25, 0.3) is 0 Å². The molecule has 0 radical (unpaired) electrons. The third-order valence-corrected chi connectivity index (χ3v) is 4.91. The lowest BCUT2D eigenvalue weighted by Crippen LogP contribution is -2.35. The summed E-state index contributed by atoms with van der Waals surface area (Å²) >= 11 is 0. The van der Waals surface area contributed by atoms with E-state index < -0.39 is 10.0 Å². The molecule has 0 heterocycles. The maximum atomic E-state index is 12.2. The van der Waals surface area contributed by atoms with E-state index in [-0.39, 0.29) is 29.8 Å². The highest BCUT2D eigenvalue weighted by atomic mass is 32.2. The van der Waals surface area contributed by atoms with E-state index in [0.29, 0.717) is 5.56 Å². The summed E-state index contributed by atoms with van der Waals surface area (Å²) < 4.78 is 26.8. The van der Waals surface area contributed by atoms with Crippen molar-refractivity contribution in [2.45, 2.75) is 51.5 Å². The number of carbonyl (C=O) groups excluding carboxylic acids is 1. The smallest absolute Gasteiger partial charge is 0.240 e. The number of carbonyl (C=O) groups is 1. The van der Waals surface area contributed by atoms with Gasteiger partial charge in [0.25, 0.3) is 0 Å². The van der Waals surface area contributed by atoms with Crippen LogP contribution >= 0.6 is 0 Å². The largest absolute Gasteiger partial charge is 0.354 e. The first kappa shape index (κ1) is 17.7. The summed E-state index contributed by atoms with van der Waals surface area (Å²) in [4.78, 5) is 11.9. The van der Waals surface area contributed by atoms with Gasteiger partial charge in [-0.15, -0.1) is 0 Å². The molecule has 0 fully saturated rings. The standard InChI is InChI=1S/C15H24N2O3S/c1-5-13(4)17-15(18)8-9-16-21(19,20)14-7-6-11(2)10-12(14)3/h6-7,10,13,16H,5,8-9H2,1-4H3,(H,17,18). The lowest BCUT2D eigenvalue weighted by molar-refractivity contribution is -0.121. The zero-order valence-electron chi connectivity index (χ0n) is 13.1. The van der Waals surface area contributed by atoms with Gasteiger partial charge in [0.05, 0.1) is 4.90 Å². The Morgan fingerprint density at radius 3 is 2.52 bits per heavy atom. The molecule has 21 heavy (non-hydrogen) atoms.